The average Bonchev–Trinajstić information content (AvgIpc) is 2.48. The molecule has 1 aromatic carbocycles. The molecule has 0 saturated carbocycles. The van der Waals surface area contributed by atoms with E-state index in [1.165, 1.54) is 12.3 Å². The van der Waals surface area contributed by atoms with Gasteiger partial charge in [0.25, 0.3) is 5.91 Å². The Labute approximate surface area is 122 Å². The number of ether oxygens (including phenoxy) is 1. The molecule has 0 unspecified atom stereocenters. The summed E-state index contributed by atoms with van der Waals surface area (Å²) in [6.45, 7) is 2.95. The number of hydrogen-bond donors (Lipinski definition) is 2. The number of rotatable bonds is 5. The summed E-state index contributed by atoms with van der Waals surface area (Å²) in [6, 6.07) is 6.46. The van der Waals surface area contributed by atoms with E-state index >= 15 is 0 Å². The number of benzene rings is 1. The number of carbonyl (C=O) groups excluding carboxylic acids is 1. The van der Waals surface area contributed by atoms with Gasteiger partial charge in [0.05, 0.1) is 31.5 Å². The van der Waals surface area contributed by atoms with Crippen LogP contribution in [0.3, 0.4) is 0 Å². The van der Waals surface area contributed by atoms with E-state index in [-0.39, 0.29) is 18.0 Å². The van der Waals surface area contributed by atoms with Crippen LogP contribution < -0.4 is 5.43 Å². The van der Waals surface area contributed by atoms with Crippen molar-refractivity contribution in [3.05, 3.63) is 35.4 Å². The Morgan fingerprint density at radius 2 is 2.05 bits per heavy atom. The monoisotopic (exact) mass is 291 g/mol. The summed E-state index contributed by atoms with van der Waals surface area (Å²) in [6.07, 6.45) is 1.33. The summed E-state index contributed by atoms with van der Waals surface area (Å²) in [5, 5.41) is 12.8. The van der Waals surface area contributed by atoms with E-state index < -0.39 is 5.97 Å². The topological polar surface area (TPSA) is 91.2 Å². The largest absolute Gasteiger partial charge is 0.478 e. The molecule has 0 aliphatic carbocycles. The van der Waals surface area contributed by atoms with Gasteiger partial charge in [-0.2, -0.15) is 5.10 Å². The van der Waals surface area contributed by atoms with Crippen molar-refractivity contribution in [2.24, 2.45) is 5.10 Å². The van der Waals surface area contributed by atoms with Crippen LogP contribution in [-0.4, -0.2) is 60.9 Å². The van der Waals surface area contributed by atoms with Gasteiger partial charge < -0.3 is 9.84 Å². The highest BCUT2D eigenvalue weighted by molar-refractivity contribution is 5.98. The van der Waals surface area contributed by atoms with Gasteiger partial charge >= 0.3 is 5.97 Å². The molecule has 2 rings (SSSR count). The van der Waals surface area contributed by atoms with Gasteiger partial charge in [0, 0.05) is 18.7 Å². The van der Waals surface area contributed by atoms with Gasteiger partial charge in [-0.1, -0.05) is 18.2 Å². The van der Waals surface area contributed by atoms with Gasteiger partial charge in [-0.05, 0) is 6.07 Å². The first-order chi connectivity index (χ1) is 10.2. The van der Waals surface area contributed by atoms with Gasteiger partial charge in [0.1, 0.15) is 0 Å². The zero-order valence-electron chi connectivity index (χ0n) is 11.5. The van der Waals surface area contributed by atoms with Crippen molar-refractivity contribution < 1.29 is 19.4 Å². The third kappa shape index (κ3) is 4.66. The summed E-state index contributed by atoms with van der Waals surface area (Å²) >= 11 is 0. The van der Waals surface area contributed by atoms with E-state index in [1.807, 2.05) is 4.90 Å². The van der Waals surface area contributed by atoms with Crippen LogP contribution >= 0.6 is 0 Å². The summed E-state index contributed by atoms with van der Waals surface area (Å²) in [5.74, 6) is -1.27. The smallest absolute Gasteiger partial charge is 0.336 e. The zero-order valence-corrected chi connectivity index (χ0v) is 11.5. The van der Waals surface area contributed by atoms with Crippen LogP contribution in [0.15, 0.2) is 29.4 Å². The molecular weight excluding hydrogens is 274 g/mol. The summed E-state index contributed by atoms with van der Waals surface area (Å²) in [5.41, 5.74) is 2.98. The highest BCUT2D eigenvalue weighted by Crippen LogP contribution is 2.05. The lowest BCUT2D eigenvalue weighted by Crippen LogP contribution is -2.42. The third-order valence-electron chi connectivity index (χ3n) is 3.06. The normalized spacial score (nSPS) is 16.0. The van der Waals surface area contributed by atoms with Gasteiger partial charge in [-0.15, -0.1) is 0 Å². The molecular formula is C14H17N3O4. The fourth-order valence-electron chi connectivity index (χ4n) is 1.98. The van der Waals surface area contributed by atoms with Crippen LogP contribution in [0.1, 0.15) is 15.9 Å². The van der Waals surface area contributed by atoms with Gasteiger partial charge in [0.2, 0.25) is 0 Å². The maximum Gasteiger partial charge on any atom is 0.336 e. The van der Waals surface area contributed by atoms with Crippen molar-refractivity contribution >= 4 is 18.1 Å². The molecule has 1 heterocycles. The molecule has 1 fully saturated rings. The number of nitrogens with one attached hydrogen (secondary N) is 1. The number of morpholine rings is 1. The van der Waals surface area contributed by atoms with Gasteiger partial charge in [-0.3, -0.25) is 9.69 Å². The quantitative estimate of drug-likeness (QED) is 0.596. The molecule has 1 amide bonds. The Kier molecular flexibility index (Phi) is 5.42. The Balaban J connectivity index is 1.87. The lowest BCUT2D eigenvalue weighted by atomic mass is 10.1. The standard InChI is InChI=1S/C14H17N3O4/c18-13(10-17-5-7-21-8-6-17)16-15-9-11-3-1-2-4-12(11)14(19)20/h1-4,9H,5-8,10H2,(H,16,18)(H,19,20)/b15-9+. The van der Waals surface area contributed by atoms with Crippen LogP contribution in [-0.2, 0) is 9.53 Å². The third-order valence-corrected chi connectivity index (χ3v) is 3.06. The van der Waals surface area contributed by atoms with E-state index in [9.17, 15) is 9.59 Å². The number of hydrogen-bond acceptors (Lipinski definition) is 5. The fraction of sp³-hybridized carbons (Fsp3) is 0.357. The Hall–Kier alpha value is -2.25. The van der Waals surface area contributed by atoms with Crippen LogP contribution in [0.2, 0.25) is 0 Å². The molecule has 7 heteroatoms. The number of carboxylic acid groups (broad SMARTS) is 1. The van der Waals surface area contributed by atoms with E-state index in [0.29, 0.717) is 18.8 Å². The molecule has 0 aromatic heterocycles. The number of hydrazone groups is 1. The molecule has 21 heavy (non-hydrogen) atoms. The molecule has 1 aromatic rings. The summed E-state index contributed by atoms with van der Waals surface area (Å²) in [4.78, 5) is 24.7. The summed E-state index contributed by atoms with van der Waals surface area (Å²) < 4.78 is 5.20. The molecule has 7 nitrogen and oxygen atoms in total. The maximum atomic E-state index is 11.7. The Bertz CT molecular complexity index is 539. The molecule has 112 valence electrons. The van der Waals surface area contributed by atoms with E-state index in [0.717, 1.165) is 13.1 Å². The van der Waals surface area contributed by atoms with E-state index in [4.69, 9.17) is 9.84 Å². The second-order valence-electron chi connectivity index (χ2n) is 4.57. The second kappa shape index (κ2) is 7.51. The molecule has 2 N–H and O–H groups in total. The average molecular weight is 291 g/mol. The van der Waals surface area contributed by atoms with Crippen molar-refractivity contribution in [1.82, 2.24) is 10.3 Å². The molecule has 1 aliphatic heterocycles. The molecule has 0 atom stereocenters. The number of carboxylic acids is 1. The maximum absolute atomic E-state index is 11.7. The van der Waals surface area contributed by atoms with E-state index in [1.54, 1.807) is 18.2 Å². The van der Waals surface area contributed by atoms with Crippen LogP contribution in [0.25, 0.3) is 0 Å². The first-order valence-electron chi connectivity index (χ1n) is 6.61. The van der Waals surface area contributed by atoms with Crippen molar-refractivity contribution in [3.8, 4) is 0 Å². The van der Waals surface area contributed by atoms with Crippen molar-refractivity contribution in [2.75, 3.05) is 32.8 Å². The minimum atomic E-state index is -1.03. The summed E-state index contributed by atoms with van der Waals surface area (Å²) in [7, 11) is 0. The number of amides is 1. The van der Waals surface area contributed by atoms with Gasteiger partial charge in [-0.25, -0.2) is 10.2 Å². The molecule has 1 saturated heterocycles. The predicted molar refractivity (Wildman–Crippen MR) is 76.4 cm³/mol. The Morgan fingerprint density at radius 1 is 1.33 bits per heavy atom. The minimum Gasteiger partial charge on any atom is -0.478 e. The highest BCUT2D eigenvalue weighted by atomic mass is 16.5. The molecule has 1 aliphatic rings. The number of aromatic carboxylic acids is 1. The van der Waals surface area contributed by atoms with E-state index in [2.05, 4.69) is 10.5 Å². The lowest BCUT2D eigenvalue weighted by Gasteiger charge is -2.25. The van der Waals surface area contributed by atoms with Crippen molar-refractivity contribution in [1.29, 1.82) is 0 Å². The van der Waals surface area contributed by atoms with Crippen molar-refractivity contribution in [2.45, 2.75) is 0 Å². The zero-order chi connectivity index (χ0) is 15.1. The van der Waals surface area contributed by atoms with Crippen LogP contribution in [0.4, 0.5) is 0 Å². The molecule has 0 bridgehead atoms. The first-order valence-corrected chi connectivity index (χ1v) is 6.61. The van der Waals surface area contributed by atoms with Crippen LogP contribution in [0.5, 0.6) is 0 Å². The van der Waals surface area contributed by atoms with Gasteiger partial charge in [0.15, 0.2) is 0 Å². The predicted octanol–water partition coefficient (Wildman–Crippen LogP) is 0.167. The minimum absolute atomic E-state index is 0.142. The Morgan fingerprint density at radius 3 is 2.76 bits per heavy atom. The first kappa shape index (κ1) is 15.1. The SMILES string of the molecule is O=C(CN1CCOCC1)N/N=C/c1ccccc1C(=O)O. The van der Waals surface area contributed by atoms with Crippen molar-refractivity contribution in [3.63, 3.8) is 0 Å². The van der Waals surface area contributed by atoms with Crippen LogP contribution in [0, 0.1) is 0 Å². The molecule has 0 spiro atoms. The lowest BCUT2D eigenvalue weighted by molar-refractivity contribution is -0.123. The number of nitrogens with zero attached hydrogens (tertiary/aromatic N) is 2. The molecule has 0 radical (unpaired) electrons. The highest BCUT2D eigenvalue weighted by Gasteiger charge is 2.13. The fourth-order valence-corrected chi connectivity index (χ4v) is 1.98. The number of carbonyl (C=O) groups is 2. The second-order valence-corrected chi connectivity index (χ2v) is 4.57.